The Morgan fingerprint density at radius 1 is 1.30 bits per heavy atom. The maximum atomic E-state index is 11.2. The molecule has 0 bridgehead atoms. The summed E-state index contributed by atoms with van der Waals surface area (Å²) in [5.74, 6) is 0.511. The average molecular weight is 136 g/mol. The van der Waals surface area contributed by atoms with Crippen molar-refractivity contribution in [2.24, 2.45) is 5.41 Å². The van der Waals surface area contributed by atoms with E-state index in [1.807, 2.05) is 0 Å². The van der Waals surface area contributed by atoms with Crippen LogP contribution in [0.1, 0.15) is 32.1 Å². The van der Waals surface area contributed by atoms with Gasteiger partial charge in [0.2, 0.25) is 0 Å². The van der Waals surface area contributed by atoms with Crippen LogP contribution >= 0.6 is 0 Å². The molecule has 0 radical (unpaired) electrons. The first-order valence-electron chi connectivity index (χ1n) is 4.02. The summed E-state index contributed by atoms with van der Waals surface area (Å²) >= 11 is 0. The highest BCUT2D eigenvalue weighted by molar-refractivity contribution is 5.90. The van der Waals surface area contributed by atoms with Crippen molar-refractivity contribution in [3.05, 3.63) is 12.2 Å². The number of hydrogen-bond donors (Lipinski definition) is 0. The summed E-state index contributed by atoms with van der Waals surface area (Å²) in [6.45, 7) is 0. The minimum atomic E-state index is 0.134. The zero-order chi connectivity index (χ0) is 7.03. The van der Waals surface area contributed by atoms with Crippen LogP contribution in [-0.4, -0.2) is 5.78 Å². The van der Waals surface area contributed by atoms with Crippen LogP contribution in [0.25, 0.3) is 0 Å². The van der Waals surface area contributed by atoms with Gasteiger partial charge in [-0.3, -0.25) is 4.79 Å². The fourth-order valence-electron chi connectivity index (χ4n) is 1.95. The quantitative estimate of drug-likeness (QED) is 0.466. The predicted octanol–water partition coefficient (Wildman–Crippen LogP) is 2.08. The third kappa shape index (κ3) is 0.664. The number of carbonyl (C=O) groups is 1. The van der Waals surface area contributed by atoms with E-state index >= 15 is 0 Å². The number of carbonyl (C=O) groups excluding carboxylic acids is 1. The average Bonchev–Trinajstić information content (AvgIpc) is 2.04. The largest absolute Gasteiger partial charge is 0.299 e. The van der Waals surface area contributed by atoms with Crippen molar-refractivity contribution in [2.45, 2.75) is 32.1 Å². The summed E-state index contributed by atoms with van der Waals surface area (Å²) in [5, 5.41) is 0. The molecule has 1 fully saturated rings. The molecule has 1 spiro atoms. The Bertz CT molecular complexity index is 193. The molecule has 0 aromatic carbocycles. The standard InChI is InChI=1S/C9H12O/c10-8-4-7-9(8)5-2-1-3-6-9/h1-2H,3-7H2. The molecule has 1 unspecified atom stereocenters. The Labute approximate surface area is 61.1 Å². The molecule has 1 saturated carbocycles. The molecule has 54 valence electrons. The number of rotatable bonds is 0. The molecule has 10 heavy (non-hydrogen) atoms. The number of hydrogen-bond acceptors (Lipinski definition) is 1. The van der Waals surface area contributed by atoms with Gasteiger partial charge in [-0.1, -0.05) is 12.2 Å². The first-order valence-corrected chi connectivity index (χ1v) is 4.02. The molecule has 0 amide bonds. The highest BCUT2D eigenvalue weighted by atomic mass is 16.1. The summed E-state index contributed by atoms with van der Waals surface area (Å²) in [4.78, 5) is 11.2. The maximum Gasteiger partial charge on any atom is 0.139 e. The molecule has 1 nitrogen and oxygen atoms in total. The van der Waals surface area contributed by atoms with E-state index in [0.29, 0.717) is 5.78 Å². The van der Waals surface area contributed by atoms with E-state index in [1.165, 1.54) is 0 Å². The molecule has 2 aliphatic carbocycles. The second kappa shape index (κ2) is 1.94. The number of allylic oxidation sites excluding steroid dienone is 2. The Hall–Kier alpha value is -0.590. The third-order valence-electron chi connectivity index (χ3n) is 2.89. The minimum absolute atomic E-state index is 0.134. The molecule has 0 N–H and O–H groups in total. The second-order valence-corrected chi connectivity index (χ2v) is 3.42. The Kier molecular flexibility index (Phi) is 1.19. The molecule has 1 heteroatoms. The fraction of sp³-hybridized carbons (Fsp3) is 0.667. The monoisotopic (exact) mass is 136 g/mol. The van der Waals surface area contributed by atoms with Crippen molar-refractivity contribution in [3.63, 3.8) is 0 Å². The molecule has 2 rings (SSSR count). The van der Waals surface area contributed by atoms with Gasteiger partial charge in [-0.25, -0.2) is 0 Å². The third-order valence-corrected chi connectivity index (χ3v) is 2.89. The maximum absolute atomic E-state index is 11.2. The van der Waals surface area contributed by atoms with Crippen LogP contribution in [0, 0.1) is 5.41 Å². The highest BCUT2D eigenvalue weighted by Crippen LogP contribution is 2.46. The molecule has 1 atom stereocenters. The van der Waals surface area contributed by atoms with Gasteiger partial charge in [0.1, 0.15) is 5.78 Å². The van der Waals surface area contributed by atoms with Crippen LogP contribution < -0.4 is 0 Å². The van der Waals surface area contributed by atoms with E-state index in [0.717, 1.165) is 32.1 Å². The molecule has 0 aliphatic heterocycles. The van der Waals surface area contributed by atoms with Crippen LogP contribution in [0.3, 0.4) is 0 Å². The smallest absolute Gasteiger partial charge is 0.139 e. The summed E-state index contributed by atoms with van der Waals surface area (Å²) in [5.41, 5.74) is 0.134. The van der Waals surface area contributed by atoms with Crippen LogP contribution in [0.15, 0.2) is 12.2 Å². The van der Waals surface area contributed by atoms with Gasteiger partial charge < -0.3 is 0 Å². The van der Waals surface area contributed by atoms with Crippen LogP contribution in [0.4, 0.5) is 0 Å². The van der Waals surface area contributed by atoms with Gasteiger partial charge in [0.15, 0.2) is 0 Å². The van der Waals surface area contributed by atoms with Gasteiger partial charge in [-0.2, -0.15) is 0 Å². The van der Waals surface area contributed by atoms with E-state index in [-0.39, 0.29) is 5.41 Å². The van der Waals surface area contributed by atoms with Crippen molar-refractivity contribution in [1.29, 1.82) is 0 Å². The lowest BCUT2D eigenvalue weighted by molar-refractivity contribution is -0.138. The first-order chi connectivity index (χ1) is 4.83. The topological polar surface area (TPSA) is 17.1 Å². The van der Waals surface area contributed by atoms with Crippen LogP contribution in [-0.2, 0) is 4.79 Å². The van der Waals surface area contributed by atoms with Gasteiger partial charge >= 0.3 is 0 Å². The van der Waals surface area contributed by atoms with Crippen molar-refractivity contribution in [3.8, 4) is 0 Å². The number of Topliss-reactive ketones (excluding diaryl/α,β-unsaturated/α-hetero) is 1. The van der Waals surface area contributed by atoms with Gasteiger partial charge in [-0.05, 0) is 25.7 Å². The van der Waals surface area contributed by atoms with Crippen molar-refractivity contribution >= 4 is 5.78 Å². The van der Waals surface area contributed by atoms with E-state index in [1.54, 1.807) is 0 Å². The van der Waals surface area contributed by atoms with Crippen LogP contribution in [0.5, 0.6) is 0 Å². The molecular formula is C9H12O. The van der Waals surface area contributed by atoms with Gasteiger partial charge in [0.25, 0.3) is 0 Å². The Morgan fingerprint density at radius 2 is 2.20 bits per heavy atom. The molecule has 0 aromatic rings. The summed E-state index contributed by atoms with van der Waals surface area (Å²) in [6, 6.07) is 0. The van der Waals surface area contributed by atoms with Gasteiger partial charge in [-0.15, -0.1) is 0 Å². The van der Waals surface area contributed by atoms with Gasteiger partial charge in [0, 0.05) is 11.8 Å². The van der Waals surface area contributed by atoms with E-state index < -0.39 is 0 Å². The van der Waals surface area contributed by atoms with Crippen molar-refractivity contribution < 1.29 is 4.79 Å². The van der Waals surface area contributed by atoms with E-state index in [2.05, 4.69) is 12.2 Å². The van der Waals surface area contributed by atoms with E-state index in [4.69, 9.17) is 0 Å². The Morgan fingerprint density at radius 3 is 2.50 bits per heavy atom. The molecular weight excluding hydrogens is 124 g/mol. The first kappa shape index (κ1) is 6.14. The van der Waals surface area contributed by atoms with E-state index in [9.17, 15) is 4.79 Å². The van der Waals surface area contributed by atoms with Crippen molar-refractivity contribution in [1.82, 2.24) is 0 Å². The lowest BCUT2D eigenvalue weighted by Crippen LogP contribution is -2.41. The normalized spacial score (nSPS) is 38.2. The van der Waals surface area contributed by atoms with Crippen LogP contribution in [0.2, 0.25) is 0 Å². The second-order valence-electron chi connectivity index (χ2n) is 3.42. The summed E-state index contributed by atoms with van der Waals surface area (Å²) in [7, 11) is 0. The Balaban J connectivity index is 2.15. The molecule has 0 heterocycles. The minimum Gasteiger partial charge on any atom is -0.299 e. The van der Waals surface area contributed by atoms with Gasteiger partial charge in [0.05, 0.1) is 0 Å². The molecule has 2 aliphatic rings. The lowest BCUT2D eigenvalue weighted by Gasteiger charge is -2.40. The predicted molar refractivity (Wildman–Crippen MR) is 39.7 cm³/mol. The number of ketones is 1. The summed E-state index contributed by atoms with van der Waals surface area (Å²) < 4.78 is 0. The SMILES string of the molecule is O=C1CCC12CC=CCC2. The zero-order valence-electron chi connectivity index (χ0n) is 6.10. The molecule has 0 aromatic heterocycles. The summed E-state index contributed by atoms with van der Waals surface area (Å²) in [6.07, 6.45) is 9.60. The highest BCUT2D eigenvalue weighted by Gasteiger charge is 2.44. The lowest BCUT2D eigenvalue weighted by atomic mass is 9.61. The molecule has 0 saturated heterocycles. The zero-order valence-corrected chi connectivity index (χ0v) is 6.10. The fourth-order valence-corrected chi connectivity index (χ4v) is 1.95. The van der Waals surface area contributed by atoms with Crippen molar-refractivity contribution in [2.75, 3.05) is 0 Å².